The zero-order valence-electron chi connectivity index (χ0n) is 12.9. The molecule has 1 heterocycles. The summed E-state index contributed by atoms with van der Waals surface area (Å²) in [6.45, 7) is -0.376. The summed E-state index contributed by atoms with van der Waals surface area (Å²) < 4.78 is 5.32. The van der Waals surface area contributed by atoms with E-state index in [-0.39, 0.29) is 47.1 Å². The van der Waals surface area contributed by atoms with Gasteiger partial charge in [-0.2, -0.15) is 5.01 Å². The molecule has 8 heteroatoms. The van der Waals surface area contributed by atoms with Gasteiger partial charge in [0.15, 0.2) is 6.61 Å². The third kappa shape index (κ3) is 2.69. The Morgan fingerprint density at radius 2 is 1.80 bits per heavy atom. The fourth-order valence-electron chi connectivity index (χ4n) is 3.91. The normalized spacial score (nSPS) is 29.3. The number of ether oxygens (including phenoxy) is 1. The number of amides is 3. The Morgan fingerprint density at radius 1 is 1.16 bits per heavy atom. The number of hydrogen-bond acceptors (Lipinski definition) is 4. The molecule has 1 aromatic rings. The van der Waals surface area contributed by atoms with Crippen molar-refractivity contribution in [2.24, 2.45) is 23.7 Å². The first-order valence-electron chi connectivity index (χ1n) is 7.89. The van der Waals surface area contributed by atoms with Crippen LogP contribution in [0, 0.1) is 23.7 Å². The third-order valence-electron chi connectivity index (χ3n) is 4.96. The minimum atomic E-state index is -0.604. The van der Waals surface area contributed by atoms with Crippen LogP contribution in [0.15, 0.2) is 30.4 Å². The number of hydrazine groups is 1. The molecule has 3 aliphatic rings. The van der Waals surface area contributed by atoms with Crippen molar-refractivity contribution in [2.45, 2.75) is 6.42 Å². The molecular formula is C17H14Cl2N2O4. The summed E-state index contributed by atoms with van der Waals surface area (Å²) in [5, 5.41) is 1.56. The SMILES string of the molecule is O=C(COc1ccc(Cl)cc1Cl)NN1C(=O)[C@@H]2[C@@H](C1=O)[C@H]1C=C[C@@H]2C1. The number of hydrogen-bond donors (Lipinski definition) is 1. The maximum atomic E-state index is 12.5. The van der Waals surface area contributed by atoms with Crippen LogP contribution < -0.4 is 10.2 Å². The van der Waals surface area contributed by atoms with Gasteiger partial charge in [0.2, 0.25) is 0 Å². The van der Waals surface area contributed by atoms with Crippen LogP contribution in [0.2, 0.25) is 10.0 Å². The molecule has 2 aliphatic carbocycles. The van der Waals surface area contributed by atoms with Gasteiger partial charge in [0, 0.05) is 5.02 Å². The highest BCUT2D eigenvalue weighted by Crippen LogP contribution is 2.52. The van der Waals surface area contributed by atoms with Gasteiger partial charge in [0.25, 0.3) is 17.7 Å². The van der Waals surface area contributed by atoms with Gasteiger partial charge in [-0.1, -0.05) is 35.4 Å². The van der Waals surface area contributed by atoms with Gasteiger partial charge in [-0.3, -0.25) is 19.8 Å². The molecule has 25 heavy (non-hydrogen) atoms. The molecule has 0 aromatic heterocycles. The van der Waals surface area contributed by atoms with Crippen LogP contribution in [0.5, 0.6) is 5.75 Å². The van der Waals surface area contributed by atoms with E-state index < -0.39 is 5.91 Å². The third-order valence-corrected chi connectivity index (χ3v) is 5.49. The van der Waals surface area contributed by atoms with E-state index in [0.717, 1.165) is 11.4 Å². The minimum absolute atomic E-state index is 0.0949. The summed E-state index contributed by atoms with van der Waals surface area (Å²) in [5.74, 6) is -1.51. The van der Waals surface area contributed by atoms with E-state index in [4.69, 9.17) is 27.9 Å². The number of carbonyl (C=O) groups excluding carboxylic acids is 3. The first-order chi connectivity index (χ1) is 12.0. The molecule has 0 radical (unpaired) electrons. The fourth-order valence-corrected chi connectivity index (χ4v) is 4.37. The van der Waals surface area contributed by atoms with E-state index in [1.807, 2.05) is 12.2 Å². The van der Waals surface area contributed by atoms with Crippen molar-refractivity contribution in [3.63, 3.8) is 0 Å². The number of halogens is 2. The number of nitrogens with zero attached hydrogens (tertiary/aromatic N) is 1. The van der Waals surface area contributed by atoms with E-state index in [1.165, 1.54) is 12.1 Å². The van der Waals surface area contributed by atoms with E-state index in [0.29, 0.717) is 10.8 Å². The van der Waals surface area contributed by atoms with Gasteiger partial charge in [0.1, 0.15) is 5.75 Å². The molecule has 4 atom stereocenters. The van der Waals surface area contributed by atoms with Crippen molar-refractivity contribution >= 4 is 40.9 Å². The number of carbonyl (C=O) groups is 3. The van der Waals surface area contributed by atoms with Gasteiger partial charge in [0.05, 0.1) is 16.9 Å². The quantitative estimate of drug-likeness (QED) is 0.641. The van der Waals surface area contributed by atoms with E-state index in [9.17, 15) is 14.4 Å². The summed E-state index contributed by atoms with van der Waals surface area (Å²) in [6.07, 6.45) is 4.83. The number of imide groups is 1. The summed E-state index contributed by atoms with van der Waals surface area (Å²) in [4.78, 5) is 37.0. The summed E-state index contributed by atoms with van der Waals surface area (Å²) in [6, 6.07) is 4.61. The van der Waals surface area contributed by atoms with Crippen LogP contribution >= 0.6 is 23.2 Å². The summed E-state index contributed by atoms with van der Waals surface area (Å²) in [7, 11) is 0. The van der Waals surface area contributed by atoms with Crippen molar-refractivity contribution in [3.05, 3.63) is 40.4 Å². The number of rotatable bonds is 4. The molecule has 6 nitrogen and oxygen atoms in total. The van der Waals surface area contributed by atoms with E-state index >= 15 is 0 Å². The standard InChI is InChI=1S/C17H14Cl2N2O4/c18-10-3-4-12(11(19)6-10)25-7-13(22)20-21-16(23)14-8-1-2-9(5-8)15(14)17(21)24/h1-4,6,8-9,14-15H,5,7H2,(H,20,22)/t8-,9+,14-,15-/m0/s1. The Morgan fingerprint density at radius 3 is 2.40 bits per heavy atom. The lowest BCUT2D eigenvalue weighted by atomic mass is 9.85. The molecule has 1 aromatic carbocycles. The Labute approximate surface area is 153 Å². The van der Waals surface area contributed by atoms with Crippen molar-refractivity contribution in [1.29, 1.82) is 0 Å². The van der Waals surface area contributed by atoms with Crippen molar-refractivity contribution in [2.75, 3.05) is 6.61 Å². The molecule has 130 valence electrons. The Bertz CT molecular complexity index is 780. The topological polar surface area (TPSA) is 75.7 Å². The molecule has 1 N–H and O–H groups in total. The second kappa shape index (κ2) is 6.04. The van der Waals surface area contributed by atoms with E-state index in [1.54, 1.807) is 6.07 Å². The van der Waals surface area contributed by atoms with Crippen LogP contribution in [0.3, 0.4) is 0 Å². The van der Waals surface area contributed by atoms with Gasteiger partial charge < -0.3 is 4.74 Å². The molecule has 3 amide bonds. The molecule has 2 fully saturated rings. The van der Waals surface area contributed by atoms with Gasteiger partial charge in [-0.25, -0.2) is 0 Å². The van der Waals surface area contributed by atoms with Crippen molar-refractivity contribution < 1.29 is 19.1 Å². The fraction of sp³-hybridized carbons (Fsp3) is 0.353. The molecule has 2 bridgehead atoms. The summed E-state index contributed by atoms with van der Waals surface area (Å²) >= 11 is 11.8. The number of benzene rings is 1. The molecule has 1 saturated carbocycles. The average molecular weight is 381 g/mol. The monoisotopic (exact) mass is 380 g/mol. The maximum Gasteiger partial charge on any atom is 0.276 e. The molecule has 0 spiro atoms. The van der Waals surface area contributed by atoms with Crippen molar-refractivity contribution in [3.8, 4) is 5.75 Å². The van der Waals surface area contributed by atoms with Crippen molar-refractivity contribution in [1.82, 2.24) is 10.4 Å². The lowest BCUT2D eigenvalue weighted by Gasteiger charge is -2.18. The lowest BCUT2D eigenvalue weighted by molar-refractivity contribution is -0.150. The zero-order chi connectivity index (χ0) is 17.7. The van der Waals surface area contributed by atoms with Crippen LogP contribution in [0.25, 0.3) is 0 Å². The highest BCUT2D eigenvalue weighted by atomic mass is 35.5. The molecular weight excluding hydrogens is 367 g/mol. The van der Waals surface area contributed by atoms with Crippen LogP contribution in [0.4, 0.5) is 0 Å². The largest absolute Gasteiger partial charge is 0.482 e. The Balaban J connectivity index is 1.38. The summed E-state index contributed by atoms with van der Waals surface area (Å²) in [5.41, 5.74) is 2.35. The smallest absolute Gasteiger partial charge is 0.276 e. The second-order valence-electron chi connectivity index (χ2n) is 6.41. The van der Waals surface area contributed by atoms with Gasteiger partial charge >= 0.3 is 0 Å². The zero-order valence-corrected chi connectivity index (χ0v) is 14.5. The van der Waals surface area contributed by atoms with E-state index in [2.05, 4.69) is 5.43 Å². The highest BCUT2D eigenvalue weighted by molar-refractivity contribution is 6.35. The predicted octanol–water partition coefficient (Wildman–Crippen LogP) is 2.21. The average Bonchev–Trinajstić information content (AvgIpc) is 3.24. The molecule has 1 saturated heterocycles. The lowest BCUT2D eigenvalue weighted by Crippen LogP contribution is -2.48. The van der Waals surface area contributed by atoms with Gasteiger partial charge in [-0.05, 0) is 36.5 Å². The van der Waals surface area contributed by atoms with Crippen LogP contribution in [-0.2, 0) is 14.4 Å². The second-order valence-corrected chi connectivity index (χ2v) is 7.25. The minimum Gasteiger partial charge on any atom is -0.482 e. The molecule has 1 aliphatic heterocycles. The van der Waals surface area contributed by atoms with Crippen LogP contribution in [-0.4, -0.2) is 29.3 Å². The Kier molecular flexibility index (Phi) is 3.96. The first-order valence-corrected chi connectivity index (χ1v) is 8.65. The molecule has 4 rings (SSSR count). The van der Waals surface area contributed by atoms with Crippen LogP contribution in [0.1, 0.15) is 6.42 Å². The highest BCUT2D eigenvalue weighted by Gasteiger charge is 2.59. The maximum absolute atomic E-state index is 12.5. The first kappa shape index (κ1) is 16.4. The van der Waals surface area contributed by atoms with Gasteiger partial charge in [-0.15, -0.1) is 0 Å². The Hall–Kier alpha value is -2.05. The predicted molar refractivity (Wildman–Crippen MR) is 89.7 cm³/mol. The number of nitrogens with one attached hydrogen (secondary N) is 1. The number of fused-ring (bicyclic) bond motifs is 5. The number of allylic oxidation sites excluding steroid dienone is 2. The molecule has 0 unspecified atom stereocenters.